The number of thiophene rings is 1. The number of hydrogen-bond donors (Lipinski definition) is 2. The minimum absolute atomic E-state index is 0.214. The summed E-state index contributed by atoms with van der Waals surface area (Å²) in [5, 5.41) is 8.47. The van der Waals surface area contributed by atoms with Gasteiger partial charge in [0, 0.05) is 10.9 Å². The SMILES string of the molecule is O=C(Nc1ccc(C(=O)Nc2nc(-c3ccccc3)cs2)s1)c1ccco1. The monoisotopic (exact) mass is 395 g/mol. The quantitative estimate of drug-likeness (QED) is 0.500. The minimum atomic E-state index is -0.360. The van der Waals surface area contributed by atoms with E-state index >= 15 is 0 Å². The van der Waals surface area contributed by atoms with Gasteiger partial charge in [0.05, 0.1) is 21.8 Å². The predicted molar refractivity (Wildman–Crippen MR) is 106 cm³/mol. The average molecular weight is 395 g/mol. The topological polar surface area (TPSA) is 84.2 Å². The molecule has 0 spiro atoms. The number of aromatic nitrogens is 1. The second kappa shape index (κ2) is 7.56. The molecule has 0 radical (unpaired) electrons. The first kappa shape index (κ1) is 17.2. The molecule has 0 saturated heterocycles. The molecule has 1 aromatic carbocycles. The van der Waals surface area contributed by atoms with Crippen molar-refractivity contribution in [3.05, 3.63) is 76.9 Å². The van der Waals surface area contributed by atoms with Crippen LogP contribution in [0.5, 0.6) is 0 Å². The maximum atomic E-state index is 12.4. The fourth-order valence-electron chi connectivity index (χ4n) is 2.34. The van der Waals surface area contributed by atoms with Crippen LogP contribution in [-0.4, -0.2) is 16.8 Å². The summed E-state index contributed by atoms with van der Waals surface area (Å²) in [5.41, 5.74) is 1.81. The number of benzene rings is 1. The van der Waals surface area contributed by atoms with Gasteiger partial charge in [0.1, 0.15) is 0 Å². The number of carbonyl (C=O) groups is 2. The van der Waals surface area contributed by atoms with Gasteiger partial charge in [-0.15, -0.1) is 22.7 Å². The molecule has 0 bridgehead atoms. The van der Waals surface area contributed by atoms with E-state index in [1.165, 1.54) is 28.9 Å². The number of hydrogen-bond acceptors (Lipinski definition) is 6. The number of amides is 2. The molecule has 0 fully saturated rings. The molecule has 2 N–H and O–H groups in total. The maximum Gasteiger partial charge on any atom is 0.291 e. The fourth-order valence-corrected chi connectivity index (χ4v) is 3.85. The highest BCUT2D eigenvalue weighted by atomic mass is 32.1. The lowest BCUT2D eigenvalue weighted by molar-refractivity contribution is 0.0995. The molecular formula is C19H13N3O3S2. The Morgan fingerprint density at radius 1 is 0.926 bits per heavy atom. The summed E-state index contributed by atoms with van der Waals surface area (Å²) in [7, 11) is 0. The van der Waals surface area contributed by atoms with Crippen LogP contribution < -0.4 is 10.6 Å². The Morgan fingerprint density at radius 3 is 2.56 bits per heavy atom. The van der Waals surface area contributed by atoms with Crippen molar-refractivity contribution in [1.82, 2.24) is 4.98 Å². The largest absolute Gasteiger partial charge is 0.459 e. The van der Waals surface area contributed by atoms with Crippen LogP contribution in [0.2, 0.25) is 0 Å². The zero-order chi connectivity index (χ0) is 18.6. The molecule has 2 amide bonds. The Balaban J connectivity index is 1.41. The first-order valence-corrected chi connectivity index (χ1v) is 9.65. The van der Waals surface area contributed by atoms with Gasteiger partial charge in [-0.3, -0.25) is 14.9 Å². The van der Waals surface area contributed by atoms with Crippen LogP contribution in [0, 0.1) is 0 Å². The van der Waals surface area contributed by atoms with E-state index in [9.17, 15) is 9.59 Å². The van der Waals surface area contributed by atoms with Gasteiger partial charge < -0.3 is 9.73 Å². The molecule has 134 valence electrons. The van der Waals surface area contributed by atoms with Crippen LogP contribution in [0.3, 0.4) is 0 Å². The van der Waals surface area contributed by atoms with Crippen molar-refractivity contribution < 1.29 is 14.0 Å². The van der Waals surface area contributed by atoms with Crippen molar-refractivity contribution in [2.45, 2.75) is 0 Å². The lowest BCUT2D eigenvalue weighted by atomic mass is 10.2. The molecule has 0 aliphatic heterocycles. The molecule has 0 unspecified atom stereocenters. The average Bonchev–Trinajstić information content (AvgIpc) is 3.44. The summed E-state index contributed by atoms with van der Waals surface area (Å²) in [4.78, 5) is 29.3. The van der Waals surface area contributed by atoms with E-state index in [4.69, 9.17) is 4.42 Å². The third kappa shape index (κ3) is 3.97. The van der Waals surface area contributed by atoms with Gasteiger partial charge in [-0.1, -0.05) is 30.3 Å². The lowest BCUT2D eigenvalue weighted by Gasteiger charge is -2.00. The molecule has 3 aromatic heterocycles. The fraction of sp³-hybridized carbons (Fsp3) is 0. The van der Waals surface area contributed by atoms with E-state index in [1.807, 2.05) is 35.7 Å². The molecule has 6 nitrogen and oxygen atoms in total. The van der Waals surface area contributed by atoms with Crippen molar-refractivity contribution >= 4 is 44.6 Å². The van der Waals surface area contributed by atoms with Crippen molar-refractivity contribution in [3.63, 3.8) is 0 Å². The number of carbonyl (C=O) groups excluding carboxylic acids is 2. The molecular weight excluding hydrogens is 382 g/mol. The van der Waals surface area contributed by atoms with Gasteiger partial charge in [-0.25, -0.2) is 4.98 Å². The standard InChI is InChI=1S/C19H13N3O3S2/c23-17(14-7-4-10-25-14)21-16-9-8-15(27-16)18(24)22-19-20-13(11-26-19)12-5-2-1-3-6-12/h1-11H,(H,21,23)(H,20,22,24). The van der Waals surface area contributed by atoms with Crippen LogP contribution in [0.1, 0.15) is 20.2 Å². The molecule has 8 heteroatoms. The molecule has 4 rings (SSSR count). The smallest absolute Gasteiger partial charge is 0.291 e. The highest BCUT2D eigenvalue weighted by molar-refractivity contribution is 7.18. The molecule has 4 aromatic rings. The maximum absolute atomic E-state index is 12.4. The lowest BCUT2D eigenvalue weighted by Crippen LogP contribution is -2.10. The minimum Gasteiger partial charge on any atom is -0.459 e. The summed E-state index contributed by atoms with van der Waals surface area (Å²) >= 11 is 2.54. The van der Waals surface area contributed by atoms with Gasteiger partial charge >= 0.3 is 0 Å². The van der Waals surface area contributed by atoms with Crippen molar-refractivity contribution in [2.24, 2.45) is 0 Å². The first-order valence-electron chi connectivity index (χ1n) is 7.96. The van der Waals surface area contributed by atoms with Crippen LogP contribution >= 0.6 is 22.7 Å². The number of thiazole rings is 1. The van der Waals surface area contributed by atoms with Gasteiger partial charge in [-0.2, -0.15) is 0 Å². The van der Waals surface area contributed by atoms with Gasteiger partial charge in [0.2, 0.25) is 0 Å². The summed E-state index contributed by atoms with van der Waals surface area (Å²) in [6.45, 7) is 0. The van der Waals surface area contributed by atoms with Gasteiger partial charge in [0.15, 0.2) is 10.9 Å². The third-order valence-electron chi connectivity index (χ3n) is 3.61. The number of nitrogens with zero attached hydrogens (tertiary/aromatic N) is 1. The predicted octanol–water partition coefficient (Wildman–Crippen LogP) is 4.97. The van der Waals surface area contributed by atoms with Crippen LogP contribution in [0.4, 0.5) is 10.1 Å². The molecule has 27 heavy (non-hydrogen) atoms. The number of anilines is 2. The van der Waals surface area contributed by atoms with Crippen molar-refractivity contribution in [2.75, 3.05) is 10.6 Å². The van der Waals surface area contributed by atoms with E-state index in [-0.39, 0.29) is 17.6 Å². The summed E-state index contributed by atoms with van der Waals surface area (Å²) in [5.74, 6) is -0.417. The van der Waals surface area contributed by atoms with E-state index in [0.717, 1.165) is 11.3 Å². The third-order valence-corrected chi connectivity index (χ3v) is 5.36. The Hall–Kier alpha value is -3.23. The Morgan fingerprint density at radius 2 is 1.78 bits per heavy atom. The van der Waals surface area contributed by atoms with E-state index in [0.29, 0.717) is 15.0 Å². The summed E-state index contributed by atoms with van der Waals surface area (Å²) in [6, 6.07) is 16.3. The van der Waals surface area contributed by atoms with Crippen LogP contribution in [0.15, 0.2) is 70.7 Å². The highest BCUT2D eigenvalue weighted by Crippen LogP contribution is 2.27. The normalized spacial score (nSPS) is 10.5. The van der Waals surface area contributed by atoms with Gasteiger partial charge in [0.25, 0.3) is 11.8 Å². The molecule has 0 saturated carbocycles. The van der Waals surface area contributed by atoms with Crippen LogP contribution in [-0.2, 0) is 0 Å². The molecule has 0 aliphatic carbocycles. The van der Waals surface area contributed by atoms with Crippen molar-refractivity contribution in [1.29, 1.82) is 0 Å². The Kier molecular flexibility index (Phi) is 4.82. The summed E-state index contributed by atoms with van der Waals surface area (Å²) in [6.07, 6.45) is 1.43. The van der Waals surface area contributed by atoms with Crippen molar-refractivity contribution in [3.8, 4) is 11.3 Å². The van der Waals surface area contributed by atoms with E-state index < -0.39 is 0 Å². The van der Waals surface area contributed by atoms with E-state index in [2.05, 4.69) is 15.6 Å². The number of rotatable bonds is 5. The first-order chi connectivity index (χ1) is 13.2. The highest BCUT2D eigenvalue weighted by Gasteiger charge is 2.15. The Labute approximate surface area is 162 Å². The zero-order valence-corrected chi connectivity index (χ0v) is 15.5. The molecule has 0 aliphatic rings. The van der Waals surface area contributed by atoms with Crippen LogP contribution in [0.25, 0.3) is 11.3 Å². The molecule has 3 heterocycles. The Bertz CT molecular complexity index is 1070. The second-order valence-corrected chi connectivity index (χ2v) is 7.40. The zero-order valence-electron chi connectivity index (χ0n) is 13.8. The second-order valence-electron chi connectivity index (χ2n) is 5.45. The van der Waals surface area contributed by atoms with Gasteiger partial charge in [-0.05, 0) is 24.3 Å². The summed E-state index contributed by atoms with van der Waals surface area (Å²) < 4.78 is 5.05. The molecule has 0 atom stereocenters. The van der Waals surface area contributed by atoms with E-state index in [1.54, 1.807) is 24.3 Å². The number of nitrogens with one attached hydrogen (secondary N) is 2. The number of furan rings is 1.